The molecule has 0 unspecified atom stereocenters. The van der Waals surface area contributed by atoms with Crippen molar-refractivity contribution in [2.24, 2.45) is 0 Å². The third-order valence-electron chi connectivity index (χ3n) is 6.54. The van der Waals surface area contributed by atoms with Crippen molar-refractivity contribution >= 4 is 29.3 Å². The number of hydrogen-bond donors (Lipinski definition) is 2. The van der Waals surface area contributed by atoms with Gasteiger partial charge < -0.3 is 24.4 Å². The Kier molecular flexibility index (Phi) is 6.81. The zero-order chi connectivity index (χ0) is 25.1. The SMILES string of the molecule is CC[C@H]1COCCN1c1nc(-c2ccc(NC(=O)Nc3ccon3)cc2)nc2c1CCN(CC)C2=O. The van der Waals surface area contributed by atoms with E-state index in [1.807, 2.05) is 24.0 Å². The summed E-state index contributed by atoms with van der Waals surface area (Å²) in [5, 5.41) is 8.99. The van der Waals surface area contributed by atoms with Crippen molar-refractivity contribution in [3.63, 3.8) is 0 Å². The fourth-order valence-corrected chi connectivity index (χ4v) is 4.58. The van der Waals surface area contributed by atoms with E-state index in [2.05, 4.69) is 27.6 Å². The van der Waals surface area contributed by atoms with Gasteiger partial charge in [0.05, 0.1) is 19.3 Å². The van der Waals surface area contributed by atoms with Gasteiger partial charge in [-0.1, -0.05) is 12.1 Å². The van der Waals surface area contributed by atoms with Gasteiger partial charge in [-0.3, -0.25) is 10.1 Å². The van der Waals surface area contributed by atoms with E-state index in [9.17, 15) is 9.59 Å². The van der Waals surface area contributed by atoms with Crippen LogP contribution in [0.1, 0.15) is 36.3 Å². The number of likely N-dealkylation sites (N-methyl/N-ethyl adjacent to an activating group) is 1. The minimum absolute atomic E-state index is 0.0622. The summed E-state index contributed by atoms with van der Waals surface area (Å²) in [5.41, 5.74) is 2.73. The zero-order valence-corrected chi connectivity index (χ0v) is 20.4. The maximum Gasteiger partial charge on any atom is 0.324 e. The molecular formula is C25H29N7O4. The van der Waals surface area contributed by atoms with Crippen molar-refractivity contribution in [3.8, 4) is 11.4 Å². The number of rotatable bonds is 6. The number of anilines is 3. The summed E-state index contributed by atoms with van der Waals surface area (Å²) < 4.78 is 10.4. The third kappa shape index (κ3) is 4.74. The van der Waals surface area contributed by atoms with Gasteiger partial charge in [0.2, 0.25) is 0 Å². The van der Waals surface area contributed by atoms with Gasteiger partial charge in [-0.15, -0.1) is 0 Å². The van der Waals surface area contributed by atoms with Crippen LogP contribution in [0.15, 0.2) is 41.1 Å². The summed E-state index contributed by atoms with van der Waals surface area (Å²) in [6.07, 6.45) is 3.02. The van der Waals surface area contributed by atoms with Gasteiger partial charge in [0, 0.05) is 42.5 Å². The standard InChI is InChI=1S/C25H29N7O4/c1-3-18-15-35-14-12-32(18)23-19-9-11-31(4-2)24(33)21(19)28-22(29-23)16-5-7-17(8-6-16)26-25(34)27-20-10-13-36-30-20/h5-8,10,13,18H,3-4,9,11-12,14-15H2,1-2H3,(H2,26,27,30,34)/t18-/m0/s1. The van der Waals surface area contributed by atoms with E-state index in [1.54, 1.807) is 18.2 Å². The number of amides is 3. The van der Waals surface area contributed by atoms with Crippen LogP contribution in [0.4, 0.5) is 22.1 Å². The maximum absolute atomic E-state index is 13.2. The van der Waals surface area contributed by atoms with Crippen LogP contribution in [-0.2, 0) is 11.2 Å². The van der Waals surface area contributed by atoms with Gasteiger partial charge in [0.15, 0.2) is 11.6 Å². The quantitative estimate of drug-likeness (QED) is 0.537. The smallest absolute Gasteiger partial charge is 0.324 e. The fourth-order valence-electron chi connectivity index (χ4n) is 4.58. The molecule has 1 aromatic carbocycles. The van der Waals surface area contributed by atoms with Crippen LogP contribution in [0.2, 0.25) is 0 Å². The molecule has 0 spiro atoms. The molecular weight excluding hydrogens is 462 g/mol. The molecule has 1 saturated heterocycles. The van der Waals surface area contributed by atoms with Gasteiger partial charge in [-0.2, -0.15) is 0 Å². The van der Waals surface area contributed by atoms with E-state index in [0.29, 0.717) is 49.3 Å². The second-order valence-corrected chi connectivity index (χ2v) is 8.70. The molecule has 0 radical (unpaired) electrons. The first kappa shape index (κ1) is 23.7. The Morgan fingerprint density at radius 1 is 1.11 bits per heavy atom. The molecule has 36 heavy (non-hydrogen) atoms. The number of nitrogens with zero attached hydrogens (tertiary/aromatic N) is 5. The van der Waals surface area contributed by atoms with Crippen molar-refractivity contribution in [1.82, 2.24) is 20.0 Å². The monoisotopic (exact) mass is 491 g/mol. The number of carbonyl (C=O) groups excluding carboxylic acids is 2. The predicted molar refractivity (Wildman–Crippen MR) is 134 cm³/mol. The van der Waals surface area contributed by atoms with Crippen LogP contribution in [0.5, 0.6) is 0 Å². The third-order valence-corrected chi connectivity index (χ3v) is 6.54. The molecule has 1 fully saturated rings. The highest BCUT2D eigenvalue weighted by Gasteiger charge is 2.33. The lowest BCUT2D eigenvalue weighted by atomic mass is 10.0. The molecule has 5 rings (SSSR count). The molecule has 2 aliphatic rings. The van der Waals surface area contributed by atoms with Crippen LogP contribution in [-0.4, -0.2) is 70.9 Å². The van der Waals surface area contributed by atoms with E-state index >= 15 is 0 Å². The van der Waals surface area contributed by atoms with Crippen molar-refractivity contribution < 1.29 is 18.8 Å². The minimum Gasteiger partial charge on any atom is -0.377 e. The van der Waals surface area contributed by atoms with Crippen molar-refractivity contribution in [2.75, 3.05) is 48.4 Å². The van der Waals surface area contributed by atoms with Crippen LogP contribution in [0, 0.1) is 0 Å². The molecule has 11 nitrogen and oxygen atoms in total. The van der Waals surface area contributed by atoms with Crippen molar-refractivity contribution in [1.29, 1.82) is 0 Å². The zero-order valence-electron chi connectivity index (χ0n) is 20.4. The number of urea groups is 1. The first-order valence-corrected chi connectivity index (χ1v) is 12.2. The Morgan fingerprint density at radius 3 is 2.67 bits per heavy atom. The number of fused-ring (bicyclic) bond motifs is 1. The minimum atomic E-state index is -0.438. The molecule has 2 aromatic heterocycles. The summed E-state index contributed by atoms with van der Waals surface area (Å²) in [6, 6.07) is 8.50. The lowest BCUT2D eigenvalue weighted by molar-refractivity contribution is 0.0741. The van der Waals surface area contributed by atoms with Gasteiger partial charge in [-0.25, -0.2) is 14.8 Å². The van der Waals surface area contributed by atoms with E-state index in [4.69, 9.17) is 19.2 Å². The summed E-state index contributed by atoms with van der Waals surface area (Å²) in [6.45, 7) is 7.39. The number of morpholine rings is 1. The van der Waals surface area contributed by atoms with Crippen LogP contribution in [0.3, 0.4) is 0 Å². The molecule has 0 aliphatic carbocycles. The van der Waals surface area contributed by atoms with E-state index in [-0.39, 0.29) is 11.9 Å². The number of nitrogens with one attached hydrogen (secondary N) is 2. The number of aromatic nitrogens is 3. The number of ether oxygens (including phenoxy) is 1. The highest BCUT2D eigenvalue weighted by Crippen LogP contribution is 2.32. The molecule has 3 amide bonds. The lowest BCUT2D eigenvalue weighted by Crippen LogP contribution is -2.47. The van der Waals surface area contributed by atoms with E-state index in [1.165, 1.54) is 6.26 Å². The Hall–Kier alpha value is -3.99. The maximum atomic E-state index is 13.2. The Labute approximate surface area is 208 Å². The van der Waals surface area contributed by atoms with E-state index in [0.717, 1.165) is 36.3 Å². The second kappa shape index (κ2) is 10.3. The predicted octanol–water partition coefficient (Wildman–Crippen LogP) is 3.41. The van der Waals surface area contributed by atoms with Crippen LogP contribution in [0.25, 0.3) is 11.4 Å². The van der Waals surface area contributed by atoms with Gasteiger partial charge >= 0.3 is 6.03 Å². The normalized spacial score (nSPS) is 17.6. The summed E-state index contributed by atoms with van der Waals surface area (Å²) >= 11 is 0. The van der Waals surface area contributed by atoms with Gasteiger partial charge in [-0.05, 0) is 44.0 Å². The van der Waals surface area contributed by atoms with Crippen molar-refractivity contribution in [2.45, 2.75) is 32.7 Å². The number of carbonyl (C=O) groups is 2. The second-order valence-electron chi connectivity index (χ2n) is 8.70. The fraction of sp³-hybridized carbons (Fsp3) is 0.400. The Bertz CT molecular complexity index is 1230. The first-order valence-electron chi connectivity index (χ1n) is 12.2. The highest BCUT2D eigenvalue weighted by molar-refractivity contribution is 5.99. The highest BCUT2D eigenvalue weighted by atomic mass is 16.5. The molecule has 188 valence electrons. The molecule has 2 N–H and O–H groups in total. The Balaban J connectivity index is 1.46. The lowest BCUT2D eigenvalue weighted by Gasteiger charge is -2.38. The van der Waals surface area contributed by atoms with E-state index < -0.39 is 6.03 Å². The average Bonchev–Trinajstić information content (AvgIpc) is 3.42. The molecule has 0 saturated carbocycles. The van der Waals surface area contributed by atoms with Crippen molar-refractivity contribution in [3.05, 3.63) is 47.9 Å². The largest absolute Gasteiger partial charge is 0.377 e. The molecule has 4 heterocycles. The molecule has 2 aliphatic heterocycles. The topological polar surface area (TPSA) is 126 Å². The molecule has 1 atom stereocenters. The number of benzene rings is 1. The van der Waals surface area contributed by atoms with Gasteiger partial charge in [0.1, 0.15) is 17.8 Å². The summed E-state index contributed by atoms with van der Waals surface area (Å²) in [5.74, 6) is 1.56. The van der Waals surface area contributed by atoms with Gasteiger partial charge in [0.25, 0.3) is 5.91 Å². The molecule has 0 bridgehead atoms. The summed E-state index contributed by atoms with van der Waals surface area (Å²) in [7, 11) is 0. The number of hydrogen-bond acceptors (Lipinski definition) is 8. The summed E-state index contributed by atoms with van der Waals surface area (Å²) in [4.78, 5) is 39.2. The Morgan fingerprint density at radius 2 is 1.94 bits per heavy atom. The molecule has 11 heteroatoms. The van der Waals surface area contributed by atoms with Crippen LogP contribution >= 0.6 is 0 Å². The first-order chi connectivity index (χ1) is 17.6. The van der Waals surface area contributed by atoms with Crippen LogP contribution < -0.4 is 15.5 Å². The average molecular weight is 492 g/mol. The molecule has 3 aromatic rings.